The average Bonchev–Trinajstić information content (AvgIpc) is 2.48. The maximum Gasteiger partial charge on any atom is 0.134 e. The van der Waals surface area contributed by atoms with E-state index < -0.39 is 0 Å². The molecule has 0 amide bonds. The highest BCUT2D eigenvalue weighted by Gasteiger charge is 2.06. The van der Waals surface area contributed by atoms with Gasteiger partial charge in [0, 0.05) is 17.5 Å². The second-order valence-electron chi connectivity index (χ2n) is 4.66. The molecule has 0 bridgehead atoms. The minimum absolute atomic E-state index is 0.121. The number of hydrogen-bond acceptors (Lipinski definition) is 3. The molecule has 0 spiro atoms. The van der Waals surface area contributed by atoms with Crippen molar-refractivity contribution in [1.29, 1.82) is 0 Å². The number of rotatable bonds is 5. The fourth-order valence-corrected chi connectivity index (χ4v) is 2.55. The van der Waals surface area contributed by atoms with E-state index in [1.807, 2.05) is 6.07 Å². The van der Waals surface area contributed by atoms with Crippen molar-refractivity contribution < 1.29 is 5.11 Å². The summed E-state index contributed by atoms with van der Waals surface area (Å²) in [6.45, 7) is 2.85. The Bertz CT molecular complexity index is 571. The third-order valence-electron chi connectivity index (χ3n) is 3.24. The zero-order chi connectivity index (χ0) is 14.5. The molecule has 1 atom stereocenters. The van der Waals surface area contributed by atoms with Gasteiger partial charge in [-0.1, -0.05) is 29.8 Å². The van der Waals surface area contributed by atoms with Gasteiger partial charge in [-0.2, -0.15) is 0 Å². The molecule has 2 rings (SSSR count). The number of thioether (sulfide) groups is 1. The van der Waals surface area contributed by atoms with Crippen molar-refractivity contribution >= 4 is 23.4 Å². The fraction of sp³-hybridized carbons (Fsp3) is 0.250. The first-order valence-corrected chi connectivity index (χ1v) is 8.05. The molecule has 0 aliphatic rings. The van der Waals surface area contributed by atoms with Crippen molar-refractivity contribution in [2.75, 3.05) is 6.26 Å². The summed E-state index contributed by atoms with van der Waals surface area (Å²) in [7, 11) is 0. The SMILES string of the molecule is CSc1ccc(C(C)NCc2ccc(O)c(Cl)c2)cc1. The van der Waals surface area contributed by atoms with E-state index in [1.165, 1.54) is 10.5 Å². The number of benzene rings is 2. The van der Waals surface area contributed by atoms with Crippen molar-refractivity contribution in [2.24, 2.45) is 0 Å². The smallest absolute Gasteiger partial charge is 0.134 e. The van der Waals surface area contributed by atoms with Gasteiger partial charge in [0.05, 0.1) is 5.02 Å². The molecule has 0 radical (unpaired) electrons. The molecule has 0 aromatic heterocycles. The summed E-state index contributed by atoms with van der Waals surface area (Å²) in [5, 5.41) is 13.2. The number of nitrogens with one attached hydrogen (secondary N) is 1. The molecule has 1 unspecified atom stereocenters. The van der Waals surface area contributed by atoms with Crippen LogP contribution in [0.3, 0.4) is 0 Å². The van der Waals surface area contributed by atoms with Gasteiger partial charge in [0.15, 0.2) is 0 Å². The van der Waals surface area contributed by atoms with E-state index >= 15 is 0 Å². The van der Waals surface area contributed by atoms with Crippen LogP contribution in [0.1, 0.15) is 24.1 Å². The Kier molecular flexibility index (Phi) is 5.35. The molecule has 0 saturated heterocycles. The first kappa shape index (κ1) is 15.2. The molecular formula is C16H18ClNOS. The van der Waals surface area contributed by atoms with Crippen LogP contribution < -0.4 is 5.32 Å². The summed E-state index contributed by atoms with van der Waals surface area (Å²) in [5.41, 5.74) is 2.31. The Hall–Kier alpha value is -1.16. The molecule has 0 aliphatic carbocycles. The molecule has 106 valence electrons. The third-order valence-corrected chi connectivity index (χ3v) is 4.29. The van der Waals surface area contributed by atoms with Crippen LogP contribution >= 0.6 is 23.4 Å². The second-order valence-corrected chi connectivity index (χ2v) is 5.95. The molecule has 0 heterocycles. The lowest BCUT2D eigenvalue weighted by atomic mass is 10.1. The Labute approximate surface area is 129 Å². The fourth-order valence-electron chi connectivity index (χ4n) is 1.94. The van der Waals surface area contributed by atoms with Gasteiger partial charge in [0.2, 0.25) is 0 Å². The maximum atomic E-state index is 9.39. The Morgan fingerprint density at radius 2 is 1.90 bits per heavy atom. The Balaban J connectivity index is 1.96. The number of phenolic OH excluding ortho intramolecular Hbond substituents is 1. The minimum Gasteiger partial charge on any atom is -0.506 e. The first-order chi connectivity index (χ1) is 9.60. The molecule has 4 heteroatoms. The quantitative estimate of drug-likeness (QED) is 0.791. The molecular weight excluding hydrogens is 290 g/mol. The number of hydrogen-bond donors (Lipinski definition) is 2. The van der Waals surface area contributed by atoms with Crippen molar-refractivity contribution in [3.8, 4) is 5.75 Å². The Morgan fingerprint density at radius 1 is 1.20 bits per heavy atom. The van der Waals surface area contributed by atoms with Crippen LogP contribution in [-0.2, 0) is 6.54 Å². The van der Waals surface area contributed by atoms with Crippen LogP contribution in [0.5, 0.6) is 5.75 Å². The predicted molar refractivity (Wildman–Crippen MR) is 86.6 cm³/mol. The highest BCUT2D eigenvalue weighted by molar-refractivity contribution is 7.98. The summed E-state index contributed by atoms with van der Waals surface area (Å²) >= 11 is 7.64. The molecule has 2 aromatic rings. The highest BCUT2D eigenvalue weighted by Crippen LogP contribution is 2.24. The standard InChI is InChI=1S/C16H18ClNOS/c1-11(13-4-6-14(20-2)7-5-13)18-10-12-3-8-16(19)15(17)9-12/h3-9,11,18-19H,10H2,1-2H3. The number of aromatic hydroxyl groups is 1. The van der Waals surface area contributed by atoms with Crippen molar-refractivity contribution in [3.05, 3.63) is 58.6 Å². The number of phenols is 1. The van der Waals surface area contributed by atoms with E-state index in [9.17, 15) is 5.11 Å². The lowest BCUT2D eigenvalue weighted by Gasteiger charge is -2.15. The third kappa shape index (κ3) is 3.92. The van der Waals surface area contributed by atoms with E-state index in [1.54, 1.807) is 23.9 Å². The number of halogens is 1. The van der Waals surface area contributed by atoms with Gasteiger partial charge in [-0.3, -0.25) is 0 Å². The van der Waals surface area contributed by atoms with Crippen molar-refractivity contribution in [2.45, 2.75) is 24.4 Å². The molecule has 20 heavy (non-hydrogen) atoms. The lowest BCUT2D eigenvalue weighted by Crippen LogP contribution is -2.17. The van der Waals surface area contributed by atoms with Gasteiger partial charge in [-0.15, -0.1) is 11.8 Å². The van der Waals surface area contributed by atoms with E-state index in [4.69, 9.17) is 11.6 Å². The highest BCUT2D eigenvalue weighted by atomic mass is 35.5. The maximum absolute atomic E-state index is 9.39. The van der Waals surface area contributed by atoms with E-state index in [0.717, 1.165) is 5.56 Å². The van der Waals surface area contributed by atoms with Crippen LogP contribution in [0.4, 0.5) is 0 Å². The second kappa shape index (κ2) is 7.02. The van der Waals surface area contributed by atoms with Gasteiger partial charge in [-0.25, -0.2) is 0 Å². The van der Waals surface area contributed by atoms with Gasteiger partial charge in [-0.05, 0) is 48.6 Å². The normalized spacial score (nSPS) is 12.3. The van der Waals surface area contributed by atoms with Crippen molar-refractivity contribution in [1.82, 2.24) is 5.32 Å². The topological polar surface area (TPSA) is 32.3 Å². The van der Waals surface area contributed by atoms with Crippen molar-refractivity contribution in [3.63, 3.8) is 0 Å². The van der Waals surface area contributed by atoms with Crippen LogP contribution in [-0.4, -0.2) is 11.4 Å². The first-order valence-electron chi connectivity index (χ1n) is 6.45. The summed E-state index contributed by atoms with van der Waals surface area (Å²) in [5.74, 6) is 0.121. The van der Waals surface area contributed by atoms with Crippen LogP contribution in [0.15, 0.2) is 47.4 Å². The molecule has 0 aliphatic heterocycles. The van der Waals surface area contributed by atoms with Crippen LogP contribution in [0.25, 0.3) is 0 Å². The summed E-state index contributed by atoms with van der Waals surface area (Å²) in [6, 6.07) is 14.1. The summed E-state index contributed by atoms with van der Waals surface area (Å²) < 4.78 is 0. The molecule has 2 nitrogen and oxygen atoms in total. The van der Waals surface area contributed by atoms with Gasteiger partial charge >= 0.3 is 0 Å². The summed E-state index contributed by atoms with van der Waals surface area (Å²) in [6.07, 6.45) is 2.07. The molecule has 2 aromatic carbocycles. The van der Waals surface area contributed by atoms with Gasteiger partial charge in [0.25, 0.3) is 0 Å². The van der Waals surface area contributed by atoms with Gasteiger partial charge < -0.3 is 10.4 Å². The van der Waals surface area contributed by atoms with E-state index in [2.05, 4.69) is 42.8 Å². The predicted octanol–water partition coefficient (Wildman–Crippen LogP) is 4.62. The zero-order valence-electron chi connectivity index (χ0n) is 11.6. The summed E-state index contributed by atoms with van der Waals surface area (Å²) in [4.78, 5) is 1.27. The van der Waals surface area contributed by atoms with Crippen LogP contribution in [0, 0.1) is 0 Å². The Morgan fingerprint density at radius 3 is 2.50 bits per heavy atom. The van der Waals surface area contributed by atoms with Crippen LogP contribution in [0.2, 0.25) is 5.02 Å². The zero-order valence-corrected chi connectivity index (χ0v) is 13.1. The molecule has 0 saturated carbocycles. The van der Waals surface area contributed by atoms with E-state index in [0.29, 0.717) is 11.6 Å². The van der Waals surface area contributed by atoms with E-state index in [-0.39, 0.29) is 11.8 Å². The minimum atomic E-state index is 0.121. The monoisotopic (exact) mass is 307 g/mol. The molecule has 2 N–H and O–H groups in total. The lowest BCUT2D eigenvalue weighted by molar-refractivity contribution is 0.475. The average molecular weight is 308 g/mol. The molecule has 0 fully saturated rings. The largest absolute Gasteiger partial charge is 0.506 e. The van der Waals surface area contributed by atoms with Gasteiger partial charge in [0.1, 0.15) is 5.75 Å².